The van der Waals surface area contributed by atoms with Gasteiger partial charge in [0.15, 0.2) is 17.6 Å². The molecule has 3 heterocycles. The highest BCUT2D eigenvalue weighted by Crippen LogP contribution is 2.64. The molecule has 2 fully saturated rings. The summed E-state index contributed by atoms with van der Waals surface area (Å²) in [5.41, 5.74) is 0.760. The maximum atomic E-state index is 12.1. The van der Waals surface area contributed by atoms with Crippen LogP contribution in [0.3, 0.4) is 0 Å². The Morgan fingerprint density at radius 1 is 1.34 bits per heavy atom. The van der Waals surface area contributed by atoms with Crippen LogP contribution in [-0.4, -0.2) is 67.0 Å². The van der Waals surface area contributed by atoms with Gasteiger partial charge in [0.05, 0.1) is 30.8 Å². The monoisotopic (exact) mass is 403 g/mol. The lowest BCUT2D eigenvalue weighted by Gasteiger charge is -2.61. The molecule has 1 spiro atoms. The van der Waals surface area contributed by atoms with Gasteiger partial charge in [0.1, 0.15) is 0 Å². The molecule has 1 aliphatic carbocycles. The molecular weight excluding hydrogens is 370 g/mol. The summed E-state index contributed by atoms with van der Waals surface area (Å²) in [6.07, 6.45) is 2.76. The van der Waals surface area contributed by atoms with Gasteiger partial charge in [-0.3, -0.25) is 0 Å². The number of ether oxygens (including phenoxy) is 4. The molecular formula is C23H33NO5. The summed E-state index contributed by atoms with van der Waals surface area (Å²) in [6.45, 7) is 7.69. The molecule has 1 aromatic rings. The molecule has 6 nitrogen and oxygen atoms in total. The van der Waals surface area contributed by atoms with Gasteiger partial charge in [-0.25, -0.2) is 0 Å². The molecule has 5 rings (SSSR count). The molecule has 2 bridgehead atoms. The first kappa shape index (κ1) is 19.6. The van der Waals surface area contributed by atoms with E-state index in [0.29, 0.717) is 18.8 Å². The Bertz CT molecular complexity index is 826. The van der Waals surface area contributed by atoms with Crippen molar-refractivity contribution in [1.29, 1.82) is 0 Å². The van der Waals surface area contributed by atoms with E-state index in [9.17, 15) is 5.11 Å². The second-order valence-electron chi connectivity index (χ2n) is 9.43. The highest BCUT2D eigenvalue weighted by molar-refractivity contribution is 5.62. The van der Waals surface area contributed by atoms with Crippen LogP contribution < -0.4 is 9.47 Å². The van der Waals surface area contributed by atoms with Crippen LogP contribution in [0.25, 0.3) is 0 Å². The predicted octanol–water partition coefficient (Wildman–Crippen LogP) is 2.64. The van der Waals surface area contributed by atoms with Crippen LogP contribution in [0.15, 0.2) is 12.1 Å². The lowest BCUT2D eigenvalue weighted by molar-refractivity contribution is -0.341. The third kappa shape index (κ3) is 2.32. The number of methoxy groups -OCH3 is 1. The van der Waals surface area contributed by atoms with E-state index in [2.05, 4.69) is 31.9 Å². The highest BCUT2D eigenvalue weighted by atomic mass is 16.7. The van der Waals surface area contributed by atoms with Crippen molar-refractivity contribution in [3.05, 3.63) is 23.3 Å². The highest BCUT2D eigenvalue weighted by Gasteiger charge is 2.72. The van der Waals surface area contributed by atoms with Crippen molar-refractivity contribution in [1.82, 2.24) is 4.90 Å². The van der Waals surface area contributed by atoms with E-state index in [1.807, 2.05) is 13.0 Å². The molecule has 3 aliphatic heterocycles. The smallest absolute Gasteiger partial charge is 0.206 e. The van der Waals surface area contributed by atoms with Gasteiger partial charge in [-0.05, 0) is 58.3 Å². The fraction of sp³-hybridized carbons (Fsp3) is 0.739. The fourth-order valence-corrected chi connectivity index (χ4v) is 6.52. The summed E-state index contributed by atoms with van der Waals surface area (Å²) >= 11 is 0. The number of fused-ring (bicyclic) bond motifs is 1. The summed E-state index contributed by atoms with van der Waals surface area (Å²) in [5.74, 6) is 0.589. The normalized spacial score (nSPS) is 43.6. The van der Waals surface area contributed by atoms with Crippen LogP contribution in [0.1, 0.15) is 51.2 Å². The van der Waals surface area contributed by atoms with Crippen molar-refractivity contribution in [3.8, 4) is 11.5 Å². The first-order chi connectivity index (χ1) is 13.8. The van der Waals surface area contributed by atoms with E-state index in [4.69, 9.17) is 18.9 Å². The number of likely N-dealkylation sites (tertiary alicyclic amines) is 1. The Morgan fingerprint density at radius 2 is 2.14 bits per heavy atom. The van der Waals surface area contributed by atoms with Crippen LogP contribution in [-0.2, 0) is 21.3 Å². The number of benzene rings is 1. The Labute approximate surface area is 173 Å². The third-order valence-corrected chi connectivity index (χ3v) is 8.08. The van der Waals surface area contributed by atoms with Crippen LogP contribution in [0, 0.1) is 0 Å². The van der Waals surface area contributed by atoms with E-state index in [1.165, 1.54) is 5.56 Å². The average molecular weight is 404 g/mol. The van der Waals surface area contributed by atoms with Gasteiger partial charge in [0.25, 0.3) is 0 Å². The van der Waals surface area contributed by atoms with Gasteiger partial charge >= 0.3 is 0 Å². The number of hydrogen-bond acceptors (Lipinski definition) is 6. The summed E-state index contributed by atoms with van der Waals surface area (Å²) < 4.78 is 25.3. The van der Waals surface area contributed by atoms with Gasteiger partial charge in [-0.1, -0.05) is 13.0 Å². The molecule has 6 heteroatoms. The van der Waals surface area contributed by atoms with Crippen LogP contribution in [0.4, 0.5) is 0 Å². The van der Waals surface area contributed by atoms with E-state index in [-0.39, 0.29) is 12.1 Å². The van der Waals surface area contributed by atoms with E-state index in [0.717, 1.165) is 37.1 Å². The Hall–Kier alpha value is -1.34. The number of likely N-dealkylation sites (N-methyl/N-ethyl adjacent to an activating group) is 1. The lowest BCUT2D eigenvalue weighted by atomic mass is 9.52. The molecule has 1 N–H and O–H groups in total. The van der Waals surface area contributed by atoms with Gasteiger partial charge in [0.2, 0.25) is 5.79 Å². The maximum Gasteiger partial charge on any atom is 0.206 e. The second-order valence-corrected chi connectivity index (χ2v) is 9.43. The number of hydrogen-bond donors (Lipinski definition) is 1. The largest absolute Gasteiger partial charge is 0.493 e. The Kier molecular flexibility index (Phi) is 4.28. The SMILES string of the molecule is CCC1(C2Oc3c(OC)ccc4c3C23CCN(C)C(C4)C3(C)O)OCCC(C)O1. The van der Waals surface area contributed by atoms with Crippen LogP contribution in [0.5, 0.6) is 11.5 Å². The van der Waals surface area contributed by atoms with Crippen LogP contribution >= 0.6 is 0 Å². The lowest BCUT2D eigenvalue weighted by Crippen LogP contribution is -2.75. The minimum atomic E-state index is -0.981. The molecule has 0 aromatic heterocycles. The summed E-state index contributed by atoms with van der Waals surface area (Å²) in [6, 6.07) is 4.15. The first-order valence-corrected chi connectivity index (χ1v) is 10.9. The first-order valence-electron chi connectivity index (χ1n) is 10.9. The van der Waals surface area contributed by atoms with Crippen molar-refractivity contribution >= 4 is 0 Å². The molecule has 6 unspecified atom stereocenters. The minimum Gasteiger partial charge on any atom is -0.493 e. The van der Waals surface area contributed by atoms with Crippen molar-refractivity contribution in [2.75, 3.05) is 27.3 Å². The zero-order chi connectivity index (χ0) is 20.6. The number of aliphatic hydroxyl groups is 1. The van der Waals surface area contributed by atoms with Gasteiger partial charge in [-0.2, -0.15) is 0 Å². The van der Waals surface area contributed by atoms with Gasteiger partial charge in [0, 0.05) is 18.0 Å². The number of piperidine rings is 1. The predicted molar refractivity (Wildman–Crippen MR) is 109 cm³/mol. The molecule has 0 radical (unpaired) electrons. The van der Waals surface area contributed by atoms with Crippen molar-refractivity contribution in [3.63, 3.8) is 0 Å². The van der Waals surface area contributed by atoms with E-state index in [1.54, 1.807) is 7.11 Å². The molecule has 160 valence electrons. The maximum absolute atomic E-state index is 12.1. The fourth-order valence-electron chi connectivity index (χ4n) is 6.52. The molecule has 0 saturated carbocycles. The molecule has 1 aromatic carbocycles. The second kappa shape index (κ2) is 6.33. The van der Waals surface area contributed by atoms with Gasteiger partial charge in [-0.15, -0.1) is 0 Å². The Morgan fingerprint density at radius 3 is 2.83 bits per heavy atom. The standard InChI is InChI=1S/C23H33NO5/c1-6-23(27-12-9-14(2)29-23)20-22-10-11-24(4)17(21(22,3)25)13-15-7-8-16(26-5)19(28-20)18(15)22/h7-8,14,17,20,25H,6,9-13H2,1-5H3. The zero-order valence-corrected chi connectivity index (χ0v) is 18.2. The van der Waals surface area contributed by atoms with Gasteiger partial charge < -0.3 is 29.0 Å². The third-order valence-electron chi connectivity index (χ3n) is 8.08. The average Bonchev–Trinajstić information content (AvgIpc) is 3.05. The Balaban J connectivity index is 1.76. The van der Waals surface area contributed by atoms with E-state index >= 15 is 0 Å². The summed E-state index contributed by atoms with van der Waals surface area (Å²) in [4.78, 5) is 2.29. The van der Waals surface area contributed by atoms with Crippen LogP contribution in [0.2, 0.25) is 0 Å². The molecule has 4 aliphatic rings. The summed E-state index contributed by atoms with van der Waals surface area (Å²) in [5, 5.41) is 12.1. The topological polar surface area (TPSA) is 60.4 Å². The number of rotatable bonds is 3. The molecule has 2 saturated heterocycles. The van der Waals surface area contributed by atoms with Crippen molar-refractivity contribution < 1.29 is 24.1 Å². The molecule has 0 amide bonds. The molecule has 6 atom stereocenters. The quantitative estimate of drug-likeness (QED) is 0.837. The molecule has 29 heavy (non-hydrogen) atoms. The van der Waals surface area contributed by atoms with Crippen molar-refractivity contribution in [2.45, 2.75) is 81.5 Å². The van der Waals surface area contributed by atoms with Crippen molar-refractivity contribution in [2.24, 2.45) is 0 Å². The number of nitrogens with zero attached hydrogens (tertiary/aromatic N) is 1. The zero-order valence-electron chi connectivity index (χ0n) is 18.2. The van der Waals surface area contributed by atoms with E-state index < -0.39 is 22.9 Å². The summed E-state index contributed by atoms with van der Waals surface area (Å²) in [7, 11) is 3.78. The minimum absolute atomic E-state index is 0.0177.